The van der Waals surface area contributed by atoms with Gasteiger partial charge < -0.3 is 5.11 Å². The lowest BCUT2D eigenvalue weighted by Gasteiger charge is -2.61. The van der Waals surface area contributed by atoms with Crippen LogP contribution in [-0.2, 0) is 0 Å². The van der Waals surface area contributed by atoms with E-state index in [9.17, 15) is 9.50 Å². The van der Waals surface area contributed by atoms with Gasteiger partial charge in [0.05, 0.1) is 12.3 Å². The van der Waals surface area contributed by atoms with Crippen LogP contribution in [0.1, 0.15) is 70.8 Å². The van der Waals surface area contributed by atoms with Gasteiger partial charge in [0.1, 0.15) is 5.82 Å². The molecule has 0 amide bonds. The van der Waals surface area contributed by atoms with Crippen LogP contribution in [-0.4, -0.2) is 16.2 Å². The minimum absolute atomic E-state index is 0.0429. The molecule has 1 aromatic rings. The van der Waals surface area contributed by atoms with Gasteiger partial charge in [-0.1, -0.05) is 19.9 Å². The van der Waals surface area contributed by atoms with Gasteiger partial charge in [0.2, 0.25) is 0 Å². The fourth-order valence-corrected chi connectivity index (χ4v) is 9.00. The molecular weight excluding hydrogens is 349 g/mol. The van der Waals surface area contributed by atoms with Gasteiger partial charge in [0.15, 0.2) is 0 Å². The third-order valence-corrected chi connectivity index (χ3v) is 10.5. The summed E-state index contributed by atoms with van der Waals surface area (Å²) in [5, 5.41) is 10.5. The van der Waals surface area contributed by atoms with Crippen LogP contribution in [0.2, 0.25) is 0 Å². The highest BCUT2D eigenvalue weighted by Crippen LogP contribution is 2.79. The first-order valence-electron chi connectivity index (χ1n) is 11.4. The number of allylic oxidation sites excluding steroid dienone is 2. The highest BCUT2D eigenvalue weighted by molar-refractivity contribution is 5.72. The summed E-state index contributed by atoms with van der Waals surface area (Å²) >= 11 is 0. The van der Waals surface area contributed by atoms with Crippen LogP contribution >= 0.6 is 0 Å². The predicted molar refractivity (Wildman–Crippen MR) is 108 cm³/mol. The van der Waals surface area contributed by atoms with Crippen LogP contribution in [0.4, 0.5) is 4.39 Å². The Morgan fingerprint density at radius 2 is 1.89 bits per heavy atom. The number of hydrogen-bond acceptors (Lipinski definition) is 2. The third-order valence-electron chi connectivity index (χ3n) is 10.5. The highest BCUT2D eigenvalue weighted by Gasteiger charge is 2.73. The Labute approximate surface area is 167 Å². The first-order chi connectivity index (χ1) is 13.4. The number of hydrogen-bond donors (Lipinski definition) is 1. The van der Waals surface area contributed by atoms with Crippen molar-refractivity contribution in [1.82, 2.24) is 4.98 Å². The second-order valence-electron chi connectivity index (χ2n) is 11.1. The van der Waals surface area contributed by atoms with Crippen molar-refractivity contribution in [3.63, 3.8) is 0 Å². The van der Waals surface area contributed by atoms with Crippen LogP contribution in [0.15, 0.2) is 24.5 Å². The van der Waals surface area contributed by atoms with Crippen LogP contribution in [0.3, 0.4) is 0 Å². The van der Waals surface area contributed by atoms with Crippen LogP contribution in [0.25, 0.3) is 5.57 Å². The number of halogens is 1. The summed E-state index contributed by atoms with van der Waals surface area (Å²) in [6.07, 6.45) is 15.3. The molecule has 28 heavy (non-hydrogen) atoms. The predicted octanol–water partition coefficient (Wildman–Crippen LogP) is 5.62. The topological polar surface area (TPSA) is 33.1 Å². The molecule has 5 aliphatic carbocycles. The SMILES string of the molecule is CC12CCC3C(CCC45CC4C(O)CCC35C)C1CC=C2c1cncc(F)c1. The molecule has 3 heteroatoms. The van der Waals surface area contributed by atoms with Gasteiger partial charge >= 0.3 is 0 Å². The lowest BCUT2D eigenvalue weighted by molar-refractivity contribution is -0.125. The van der Waals surface area contributed by atoms with E-state index in [0.29, 0.717) is 22.7 Å². The number of fused-ring (bicyclic) bond motifs is 4. The van der Waals surface area contributed by atoms with E-state index < -0.39 is 0 Å². The van der Waals surface area contributed by atoms with Gasteiger partial charge in [-0.05, 0) is 108 Å². The second kappa shape index (κ2) is 5.47. The van der Waals surface area contributed by atoms with Crippen LogP contribution in [0.5, 0.6) is 0 Å². The zero-order valence-corrected chi connectivity index (χ0v) is 17.1. The summed E-state index contributed by atoms with van der Waals surface area (Å²) in [6, 6.07) is 1.67. The van der Waals surface area contributed by atoms with Gasteiger partial charge in [-0.3, -0.25) is 4.98 Å². The van der Waals surface area contributed by atoms with Crippen molar-refractivity contribution in [3.8, 4) is 0 Å². The number of aromatic nitrogens is 1. The minimum atomic E-state index is -0.230. The average Bonchev–Trinajstić information content (AvgIpc) is 3.32. The maximum atomic E-state index is 13.8. The van der Waals surface area contributed by atoms with Crippen molar-refractivity contribution < 1.29 is 9.50 Å². The van der Waals surface area contributed by atoms with Gasteiger partial charge in [-0.25, -0.2) is 4.39 Å². The zero-order chi connectivity index (χ0) is 19.3. The monoisotopic (exact) mass is 381 g/mol. The molecule has 2 nitrogen and oxygen atoms in total. The van der Waals surface area contributed by atoms with Crippen LogP contribution < -0.4 is 0 Å². The Morgan fingerprint density at radius 3 is 2.71 bits per heavy atom. The Hall–Kier alpha value is -1.22. The Morgan fingerprint density at radius 1 is 1.04 bits per heavy atom. The summed E-state index contributed by atoms with van der Waals surface area (Å²) in [5.74, 6) is 2.61. The van der Waals surface area contributed by atoms with E-state index >= 15 is 0 Å². The fourth-order valence-electron chi connectivity index (χ4n) is 9.00. The molecule has 1 heterocycles. The summed E-state index contributed by atoms with van der Waals surface area (Å²) in [6.45, 7) is 5.02. The lowest BCUT2D eigenvalue weighted by atomic mass is 9.43. The molecule has 1 aromatic heterocycles. The minimum Gasteiger partial charge on any atom is -0.393 e. The van der Waals surface area contributed by atoms with Crippen molar-refractivity contribution in [1.29, 1.82) is 0 Å². The first-order valence-corrected chi connectivity index (χ1v) is 11.4. The van der Waals surface area contributed by atoms with Crippen molar-refractivity contribution in [2.24, 2.45) is 39.9 Å². The quantitative estimate of drug-likeness (QED) is 0.685. The van der Waals surface area contributed by atoms with Crippen molar-refractivity contribution in [2.75, 3.05) is 0 Å². The highest BCUT2D eigenvalue weighted by atomic mass is 19.1. The molecule has 6 rings (SSSR count). The molecule has 0 radical (unpaired) electrons. The van der Waals surface area contributed by atoms with E-state index in [2.05, 4.69) is 24.9 Å². The van der Waals surface area contributed by atoms with E-state index in [1.807, 2.05) is 6.20 Å². The van der Waals surface area contributed by atoms with E-state index in [4.69, 9.17) is 0 Å². The average molecular weight is 382 g/mol. The summed E-state index contributed by atoms with van der Waals surface area (Å²) in [7, 11) is 0. The third kappa shape index (κ3) is 2.00. The van der Waals surface area contributed by atoms with Gasteiger partial charge in [-0.15, -0.1) is 0 Å². The number of nitrogens with zero attached hydrogens (tertiary/aromatic N) is 1. The largest absolute Gasteiger partial charge is 0.393 e. The van der Waals surface area contributed by atoms with Gasteiger partial charge in [0.25, 0.3) is 0 Å². The first kappa shape index (κ1) is 17.6. The van der Waals surface area contributed by atoms with Crippen molar-refractivity contribution >= 4 is 5.57 Å². The van der Waals surface area contributed by atoms with Crippen molar-refractivity contribution in [2.45, 2.75) is 71.3 Å². The Bertz CT molecular complexity index is 866. The second-order valence-corrected chi connectivity index (χ2v) is 11.1. The molecule has 4 fully saturated rings. The molecule has 0 aliphatic heterocycles. The van der Waals surface area contributed by atoms with E-state index in [1.165, 1.54) is 50.3 Å². The maximum Gasteiger partial charge on any atom is 0.142 e. The Kier molecular flexibility index (Phi) is 3.44. The number of rotatable bonds is 1. The smallest absolute Gasteiger partial charge is 0.142 e. The number of pyridine rings is 1. The van der Waals surface area contributed by atoms with Crippen molar-refractivity contribution in [3.05, 3.63) is 35.9 Å². The molecule has 0 aromatic carbocycles. The molecule has 0 bridgehead atoms. The molecule has 8 atom stereocenters. The summed E-state index contributed by atoms with van der Waals surface area (Å²) in [5.41, 5.74) is 3.36. The van der Waals surface area contributed by atoms with E-state index in [-0.39, 0.29) is 17.3 Å². The normalized spacial score (nSPS) is 51.4. The summed E-state index contributed by atoms with van der Waals surface area (Å²) in [4.78, 5) is 4.13. The fraction of sp³-hybridized carbons (Fsp3) is 0.720. The summed E-state index contributed by atoms with van der Waals surface area (Å²) < 4.78 is 13.8. The molecule has 5 aliphatic rings. The molecule has 0 saturated heterocycles. The van der Waals surface area contributed by atoms with Crippen LogP contribution in [0, 0.1) is 45.7 Å². The molecule has 1 spiro atoms. The van der Waals surface area contributed by atoms with Gasteiger partial charge in [0, 0.05) is 6.20 Å². The lowest BCUT2D eigenvalue weighted by Crippen LogP contribution is -2.54. The Balaban J connectivity index is 1.33. The molecule has 4 saturated carbocycles. The molecule has 150 valence electrons. The molecule has 1 N–H and O–H groups in total. The maximum absolute atomic E-state index is 13.8. The van der Waals surface area contributed by atoms with Gasteiger partial charge in [-0.2, -0.15) is 0 Å². The van der Waals surface area contributed by atoms with E-state index in [0.717, 1.165) is 30.2 Å². The molecular formula is C25H32FNO. The number of aliphatic hydroxyl groups is 1. The standard InChI is InChI=1S/C25H32FNO/c1-23-8-6-20-17(5-10-25-12-21(25)22(28)7-9-24(20,25)2)19(23)4-3-18(23)15-11-16(26)14-27-13-15/h3,11,13-14,17,19-22,28H,4-10,12H2,1-2H3. The van der Waals surface area contributed by atoms with E-state index in [1.54, 1.807) is 6.07 Å². The zero-order valence-electron chi connectivity index (χ0n) is 17.1. The number of aliphatic hydroxyl groups excluding tert-OH is 1. The molecule has 8 unspecified atom stereocenters.